The SMILES string of the molecule is CC1(C(=O)NCCCOCc2ccco2)Cc2ccccc2C(=O)O1. The van der Waals surface area contributed by atoms with E-state index in [9.17, 15) is 9.59 Å². The molecule has 1 aliphatic heterocycles. The van der Waals surface area contributed by atoms with Crippen molar-refractivity contribution in [2.24, 2.45) is 0 Å². The van der Waals surface area contributed by atoms with Crippen LogP contribution in [0.1, 0.15) is 35.0 Å². The molecule has 0 bridgehead atoms. The predicted octanol–water partition coefficient (Wildman–Crippen LogP) is 2.47. The molecule has 0 aliphatic carbocycles. The normalized spacial score (nSPS) is 19.2. The minimum Gasteiger partial charge on any atom is -0.467 e. The van der Waals surface area contributed by atoms with Crippen molar-refractivity contribution in [2.45, 2.75) is 32.0 Å². The molecule has 0 spiro atoms. The number of amides is 1. The zero-order chi connectivity index (χ0) is 17.7. The van der Waals surface area contributed by atoms with Gasteiger partial charge in [-0.25, -0.2) is 4.79 Å². The number of carbonyl (C=O) groups is 2. The van der Waals surface area contributed by atoms with Gasteiger partial charge in [-0.15, -0.1) is 0 Å². The highest BCUT2D eigenvalue weighted by atomic mass is 16.6. The van der Waals surface area contributed by atoms with Gasteiger partial charge in [0.05, 0.1) is 11.8 Å². The van der Waals surface area contributed by atoms with Crippen LogP contribution in [0.5, 0.6) is 0 Å². The highest BCUT2D eigenvalue weighted by molar-refractivity contribution is 5.97. The van der Waals surface area contributed by atoms with Crippen molar-refractivity contribution in [1.29, 1.82) is 0 Å². The summed E-state index contributed by atoms with van der Waals surface area (Å²) in [6, 6.07) is 10.9. The van der Waals surface area contributed by atoms with E-state index in [2.05, 4.69) is 5.32 Å². The van der Waals surface area contributed by atoms with Gasteiger partial charge < -0.3 is 19.2 Å². The number of rotatable bonds is 7. The van der Waals surface area contributed by atoms with Crippen molar-refractivity contribution in [2.75, 3.05) is 13.2 Å². The number of cyclic esters (lactones) is 1. The number of hydrogen-bond acceptors (Lipinski definition) is 5. The van der Waals surface area contributed by atoms with E-state index in [1.807, 2.05) is 24.3 Å². The molecule has 132 valence electrons. The Balaban J connectivity index is 1.44. The molecule has 1 aliphatic rings. The van der Waals surface area contributed by atoms with Gasteiger partial charge in [0.1, 0.15) is 12.4 Å². The maximum atomic E-state index is 12.5. The van der Waals surface area contributed by atoms with E-state index < -0.39 is 11.6 Å². The lowest BCUT2D eigenvalue weighted by atomic mass is 9.89. The molecule has 25 heavy (non-hydrogen) atoms. The quantitative estimate of drug-likeness (QED) is 0.617. The minimum atomic E-state index is -1.18. The van der Waals surface area contributed by atoms with Crippen LogP contribution in [-0.2, 0) is 27.3 Å². The van der Waals surface area contributed by atoms with Gasteiger partial charge in [0, 0.05) is 19.6 Å². The number of furan rings is 1. The van der Waals surface area contributed by atoms with Crippen molar-refractivity contribution >= 4 is 11.9 Å². The molecule has 3 rings (SSSR count). The van der Waals surface area contributed by atoms with Crippen molar-refractivity contribution < 1.29 is 23.5 Å². The second-order valence-electron chi connectivity index (χ2n) is 6.20. The second-order valence-corrected chi connectivity index (χ2v) is 6.20. The number of nitrogens with one attached hydrogen (secondary N) is 1. The van der Waals surface area contributed by atoms with Crippen LogP contribution in [-0.4, -0.2) is 30.6 Å². The fourth-order valence-electron chi connectivity index (χ4n) is 2.79. The van der Waals surface area contributed by atoms with Crippen LogP contribution in [0, 0.1) is 0 Å². The molecule has 0 fully saturated rings. The standard InChI is InChI=1S/C19H21NO5/c1-19(12-14-6-2-3-8-16(14)17(21)25-19)18(22)20-9-5-10-23-13-15-7-4-11-24-15/h2-4,6-8,11H,5,9-10,12-13H2,1H3,(H,20,22). The summed E-state index contributed by atoms with van der Waals surface area (Å²) in [6.45, 7) is 3.00. The van der Waals surface area contributed by atoms with E-state index in [0.717, 1.165) is 11.3 Å². The van der Waals surface area contributed by atoms with E-state index in [0.29, 0.717) is 38.2 Å². The summed E-state index contributed by atoms with van der Waals surface area (Å²) in [5.41, 5.74) is 0.178. The van der Waals surface area contributed by atoms with Crippen LogP contribution in [0.25, 0.3) is 0 Å². The topological polar surface area (TPSA) is 77.8 Å². The first-order valence-electron chi connectivity index (χ1n) is 8.28. The highest BCUT2D eigenvalue weighted by Gasteiger charge is 2.42. The van der Waals surface area contributed by atoms with Gasteiger partial charge in [0.2, 0.25) is 0 Å². The Hall–Kier alpha value is -2.60. The molecule has 0 saturated carbocycles. The zero-order valence-electron chi connectivity index (χ0n) is 14.1. The lowest BCUT2D eigenvalue weighted by Gasteiger charge is -2.33. The lowest BCUT2D eigenvalue weighted by Crippen LogP contribution is -2.51. The smallest absolute Gasteiger partial charge is 0.339 e. The molecule has 1 aromatic heterocycles. The van der Waals surface area contributed by atoms with E-state index in [4.69, 9.17) is 13.9 Å². The van der Waals surface area contributed by atoms with Crippen LogP contribution in [0.15, 0.2) is 47.1 Å². The van der Waals surface area contributed by atoms with E-state index in [-0.39, 0.29) is 5.91 Å². The Morgan fingerprint density at radius 2 is 2.12 bits per heavy atom. The van der Waals surface area contributed by atoms with Crippen LogP contribution < -0.4 is 5.32 Å². The number of benzene rings is 1. The van der Waals surface area contributed by atoms with Crippen LogP contribution in [0.2, 0.25) is 0 Å². The average Bonchev–Trinajstić information content (AvgIpc) is 3.11. The first kappa shape index (κ1) is 17.2. The molecule has 0 saturated heterocycles. The Morgan fingerprint density at radius 1 is 1.28 bits per heavy atom. The Morgan fingerprint density at radius 3 is 2.92 bits per heavy atom. The first-order chi connectivity index (χ1) is 12.1. The van der Waals surface area contributed by atoms with E-state index in [1.54, 1.807) is 25.3 Å². The van der Waals surface area contributed by atoms with Crippen molar-refractivity contribution in [3.05, 3.63) is 59.5 Å². The van der Waals surface area contributed by atoms with E-state index >= 15 is 0 Å². The van der Waals surface area contributed by atoms with Gasteiger partial charge in [-0.05, 0) is 37.1 Å². The van der Waals surface area contributed by atoms with Crippen LogP contribution >= 0.6 is 0 Å². The molecular weight excluding hydrogens is 322 g/mol. The second kappa shape index (κ2) is 7.53. The maximum absolute atomic E-state index is 12.5. The minimum absolute atomic E-state index is 0.290. The summed E-state index contributed by atoms with van der Waals surface area (Å²) in [7, 11) is 0. The third-order valence-corrected chi connectivity index (χ3v) is 4.14. The number of ether oxygens (including phenoxy) is 2. The monoisotopic (exact) mass is 343 g/mol. The first-order valence-corrected chi connectivity index (χ1v) is 8.28. The predicted molar refractivity (Wildman–Crippen MR) is 90.0 cm³/mol. The third-order valence-electron chi connectivity index (χ3n) is 4.14. The van der Waals surface area contributed by atoms with Gasteiger partial charge in [-0.1, -0.05) is 18.2 Å². The van der Waals surface area contributed by atoms with Crippen molar-refractivity contribution in [3.63, 3.8) is 0 Å². The van der Waals surface area contributed by atoms with Crippen molar-refractivity contribution in [3.8, 4) is 0 Å². The molecule has 6 heteroatoms. The van der Waals surface area contributed by atoms with E-state index in [1.165, 1.54) is 0 Å². The molecule has 2 aromatic rings. The maximum Gasteiger partial charge on any atom is 0.339 e. The summed E-state index contributed by atoms with van der Waals surface area (Å²) in [6.07, 6.45) is 2.63. The molecule has 2 heterocycles. The fourth-order valence-corrected chi connectivity index (χ4v) is 2.79. The van der Waals surface area contributed by atoms with Gasteiger partial charge >= 0.3 is 5.97 Å². The summed E-state index contributed by atoms with van der Waals surface area (Å²) < 4.78 is 16.0. The van der Waals surface area contributed by atoms with Gasteiger partial charge in [0.15, 0.2) is 5.60 Å². The van der Waals surface area contributed by atoms with Crippen molar-refractivity contribution in [1.82, 2.24) is 5.32 Å². The molecule has 1 unspecified atom stereocenters. The molecule has 1 amide bonds. The molecular formula is C19H21NO5. The lowest BCUT2D eigenvalue weighted by molar-refractivity contribution is -0.139. The number of carbonyl (C=O) groups excluding carboxylic acids is 2. The molecule has 0 radical (unpaired) electrons. The number of hydrogen-bond donors (Lipinski definition) is 1. The van der Waals surface area contributed by atoms with Gasteiger partial charge in [-0.3, -0.25) is 4.79 Å². The number of fused-ring (bicyclic) bond motifs is 1. The number of esters is 1. The van der Waals surface area contributed by atoms with Gasteiger partial charge in [0.25, 0.3) is 5.91 Å². The Kier molecular flexibility index (Phi) is 5.19. The summed E-state index contributed by atoms with van der Waals surface area (Å²) in [5.74, 6) is 0.0204. The Labute approximate surface area is 146 Å². The van der Waals surface area contributed by atoms with Gasteiger partial charge in [-0.2, -0.15) is 0 Å². The largest absolute Gasteiger partial charge is 0.467 e. The third kappa shape index (κ3) is 4.09. The van der Waals surface area contributed by atoms with Crippen LogP contribution in [0.3, 0.4) is 0 Å². The molecule has 1 atom stereocenters. The zero-order valence-corrected chi connectivity index (χ0v) is 14.1. The molecule has 6 nitrogen and oxygen atoms in total. The van der Waals surface area contributed by atoms with Crippen LogP contribution in [0.4, 0.5) is 0 Å². The molecule has 1 aromatic carbocycles. The summed E-state index contributed by atoms with van der Waals surface area (Å²) in [4.78, 5) is 24.6. The molecule has 1 N–H and O–H groups in total. The average molecular weight is 343 g/mol. The Bertz CT molecular complexity index is 740. The highest BCUT2D eigenvalue weighted by Crippen LogP contribution is 2.28. The summed E-state index contributed by atoms with van der Waals surface area (Å²) in [5, 5.41) is 2.82. The fraction of sp³-hybridized carbons (Fsp3) is 0.368. The summed E-state index contributed by atoms with van der Waals surface area (Å²) >= 11 is 0.